The van der Waals surface area contributed by atoms with E-state index in [9.17, 15) is 18.0 Å². The van der Waals surface area contributed by atoms with E-state index in [1.165, 1.54) is 12.7 Å². The number of hydrogen-bond acceptors (Lipinski definition) is 10. The first-order valence-electron chi connectivity index (χ1n) is 16.3. The molecule has 0 unspecified atom stereocenters. The Bertz CT molecular complexity index is 2300. The number of ether oxygens (including phenoxy) is 1. The van der Waals surface area contributed by atoms with Crippen LogP contribution >= 0.6 is 0 Å². The van der Waals surface area contributed by atoms with Gasteiger partial charge < -0.3 is 14.2 Å². The van der Waals surface area contributed by atoms with Crippen LogP contribution in [0.25, 0.3) is 33.5 Å². The summed E-state index contributed by atoms with van der Waals surface area (Å²) in [4.78, 5) is 41.6. The molecule has 1 atom stereocenters. The van der Waals surface area contributed by atoms with Gasteiger partial charge in [0.2, 0.25) is 11.8 Å². The van der Waals surface area contributed by atoms with E-state index in [1.807, 2.05) is 42.2 Å². The maximum atomic E-state index is 13.6. The molecular weight excluding hydrogens is 649 g/mol. The Hall–Kier alpha value is -5.73. The number of fused-ring (bicyclic) bond motifs is 4. The number of methoxy groups -OCH3 is 1. The number of hydrogen-bond donors (Lipinski definition) is 1. The second-order valence-electron chi connectivity index (χ2n) is 12.5. The van der Waals surface area contributed by atoms with Crippen LogP contribution in [0.4, 0.5) is 19.1 Å². The molecule has 2 aromatic carbocycles. The molecule has 254 valence electrons. The number of H-pyrrole nitrogens is 1. The van der Waals surface area contributed by atoms with E-state index in [4.69, 9.17) is 9.72 Å². The number of rotatable bonds is 8. The standard InChI is InChI=1S/C35H31F3N10O2/c1-19(28-24-7-3-4-8-25(24)32(49)46-45-28)48(34-42-18-40-30(44-34)27-29(21-10-11-21)39-17-41-33(27)50-2)15-20-9-12-23-22(14-20)6-5-13-47-16-26(35(36,37)38)43-31(23)47/h3-4,7-9,12,14,16-19,21H,5-6,10-11,13,15H2,1-2H3,(H,46,49)/t19-/m0/s1. The van der Waals surface area contributed by atoms with Gasteiger partial charge in [0, 0.05) is 36.2 Å². The summed E-state index contributed by atoms with van der Waals surface area (Å²) in [5.41, 5.74) is 3.28. The largest absolute Gasteiger partial charge is 0.480 e. The van der Waals surface area contributed by atoms with Gasteiger partial charge in [0.1, 0.15) is 24.0 Å². The van der Waals surface area contributed by atoms with Gasteiger partial charge in [0.15, 0.2) is 11.5 Å². The normalized spacial score (nSPS) is 14.9. The maximum Gasteiger partial charge on any atom is 0.434 e. The summed E-state index contributed by atoms with van der Waals surface area (Å²) in [6.45, 7) is 2.68. The first-order chi connectivity index (χ1) is 24.2. The van der Waals surface area contributed by atoms with Crippen LogP contribution in [0.15, 0.2) is 66.1 Å². The molecule has 8 rings (SSSR count). The van der Waals surface area contributed by atoms with E-state index in [0.717, 1.165) is 35.9 Å². The molecule has 1 N–H and O–H groups in total. The molecule has 2 aliphatic rings. The molecule has 5 heterocycles. The molecule has 0 spiro atoms. The van der Waals surface area contributed by atoms with E-state index in [1.54, 1.807) is 23.8 Å². The Morgan fingerprint density at radius 3 is 2.62 bits per heavy atom. The number of imidazole rings is 1. The smallest absolute Gasteiger partial charge is 0.434 e. The van der Waals surface area contributed by atoms with Crippen molar-refractivity contribution < 1.29 is 17.9 Å². The lowest BCUT2D eigenvalue weighted by Gasteiger charge is -2.30. The Balaban J connectivity index is 1.23. The number of halogens is 3. The zero-order valence-corrected chi connectivity index (χ0v) is 27.1. The third-order valence-corrected chi connectivity index (χ3v) is 9.30. The molecule has 4 aromatic heterocycles. The fraction of sp³-hybridized carbons (Fsp3) is 0.314. The number of aromatic nitrogens is 9. The predicted octanol–water partition coefficient (Wildman–Crippen LogP) is 6.05. The number of aryl methyl sites for hydroxylation is 2. The van der Waals surface area contributed by atoms with Crippen LogP contribution in [-0.4, -0.2) is 51.8 Å². The fourth-order valence-electron chi connectivity index (χ4n) is 6.69. The highest BCUT2D eigenvalue weighted by molar-refractivity contribution is 5.84. The second kappa shape index (κ2) is 12.3. The van der Waals surface area contributed by atoms with Crippen molar-refractivity contribution in [1.29, 1.82) is 0 Å². The summed E-state index contributed by atoms with van der Waals surface area (Å²) in [5, 5.41) is 8.31. The topological polar surface area (TPSA) is 140 Å². The number of nitrogens with one attached hydrogen (secondary N) is 1. The lowest BCUT2D eigenvalue weighted by molar-refractivity contribution is -0.140. The van der Waals surface area contributed by atoms with Crippen LogP contribution in [0.5, 0.6) is 5.88 Å². The van der Waals surface area contributed by atoms with Crippen LogP contribution in [-0.2, 0) is 25.7 Å². The lowest BCUT2D eigenvalue weighted by Crippen LogP contribution is -2.30. The van der Waals surface area contributed by atoms with Gasteiger partial charge in [-0.2, -0.15) is 23.3 Å². The lowest BCUT2D eigenvalue weighted by atomic mass is 9.99. The quantitative estimate of drug-likeness (QED) is 0.202. The van der Waals surface area contributed by atoms with Gasteiger partial charge in [-0.15, -0.1) is 0 Å². The average Bonchev–Trinajstić information content (AvgIpc) is 3.91. The Kier molecular flexibility index (Phi) is 7.76. The first-order valence-corrected chi connectivity index (χ1v) is 16.3. The predicted molar refractivity (Wildman–Crippen MR) is 177 cm³/mol. The Labute approximate surface area is 283 Å². The van der Waals surface area contributed by atoms with Gasteiger partial charge in [-0.05, 0) is 49.8 Å². The van der Waals surface area contributed by atoms with Gasteiger partial charge in [-0.3, -0.25) is 4.79 Å². The monoisotopic (exact) mass is 680 g/mol. The summed E-state index contributed by atoms with van der Waals surface area (Å²) in [6.07, 6.45) is 2.79. The summed E-state index contributed by atoms with van der Waals surface area (Å²) in [6, 6.07) is 12.5. The molecule has 1 fully saturated rings. The minimum Gasteiger partial charge on any atom is -0.480 e. The van der Waals surface area contributed by atoms with Crippen LogP contribution in [0, 0.1) is 0 Å². The van der Waals surface area contributed by atoms with Crippen molar-refractivity contribution in [1.82, 2.24) is 44.7 Å². The van der Waals surface area contributed by atoms with Gasteiger partial charge in [-0.1, -0.05) is 36.4 Å². The first kappa shape index (κ1) is 31.5. The van der Waals surface area contributed by atoms with E-state index < -0.39 is 17.9 Å². The van der Waals surface area contributed by atoms with Crippen molar-refractivity contribution in [2.75, 3.05) is 12.0 Å². The van der Waals surface area contributed by atoms with Crippen molar-refractivity contribution in [2.45, 2.75) is 63.8 Å². The van der Waals surface area contributed by atoms with Crippen molar-refractivity contribution in [2.24, 2.45) is 0 Å². The Morgan fingerprint density at radius 2 is 1.84 bits per heavy atom. The molecule has 0 amide bonds. The van der Waals surface area contributed by atoms with Gasteiger partial charge in [0.05, 0.1) is 29.9 Å². The van der Waals surface area contributed by atoms with Crippen molar-refractivity contribution >= 4 is 16.7 Å². The van der Waals surface area contributed by atoms with Crippen LogP contribution in [0.3, 0.4) is 0 Å². The van der Waals surface area contributed by atoms with E-state index in [-0.39, 0.29) is 11.5 Å². The minimum absolute atomic E-state index is 0.260. The summed E-state index contributed by atoms with van der Waals surface area (Å²) in [7, 11) is 1.54. The van der Waals surface area contributed by atoms with E-state index in [0.29, 0.717) is 77.0 Å². The van der Waals surface area contributed by atoms with Crippen LogP contribution in [0.2, 0.25) is 0 Å². The highest BCUT2D eigenvalue weighted by atomic mass is 19.4. The number of aromatic amines is 1. The summed E-state index contributed by atoms with van der Waals surface area (Å²) >= 11 is 0. The number of benzene rings is 2. The number of anilines is 1. The molecule has 1 saturated carbocycles. The molecule has 0 bridgehead atoms. The summed E-state index contributed by atoms with van der Waals surface area (Å²) < 4.78 is 47.9. The van der Waals surface area contributed by atoms with Crippen LogP contribution < -0.4 is 15.2 Å². The maximum absolute atomic E-state index is 13.6. The molecule has 50 heavy (non-hydrogen) atoms. The molecule has 12 nitrogen and oxygen atoms in total. The Morgan fingerprint density at radius 1 is 1.04 bits per heavy atom. The molecule has 0 radical (unpaired) electrons. The van der Waals surface area contributed by atoms with Gasteiger partial charge in [-0.25, -0.2) is 30.0 Å². The minimum atomic E-state index is -4.53. The van der Waals surface area contributed by atoms with Crippen molar-refractivity contribution in [3.63, 3.8) is 0 Å². The third-order valence-electron chi connectivity index (χ3n) is 9.30. The molecule has 6 aromatic rings. The SMILES string of the molecule is COc1ncnc(C2CC2)c1-c1ncnc(N(Cc2ccc3c(c2)CCCn2cc(C(F)(F)F)nc2-3)[C@@H](C)c2n[nH]c(=O)c3ccccc23)n1. The highest BCUT2D eigenvalue weighted by Gasteiger charge is 2.36. The van der Waals surface area contributed by atoms with Crippen molar-refractivity contribution in [3.05, 3.63) is 99.9 Å². The van der Waals surface area contributed by atoms with Gasteiger partial charge in [0.25, 0.3) is 5.56 Å². The van der Waals surface area contributed by atoms with E-state index >= 15 is 0 Å². The molecular formula is C35H31F3N10O2. The zero-order chi connectivity index (χ0) is 34.6. The zero-order valence-electron chi connectivity index (χ0n) is 27.1. The number of nitrogens with zero attached hydrogens (tertiary/aromatic N) is 9. The number of alkyl halides is 3. The fourth-order valence-corrected chi connectivity index (χ4v) is 6.69. The highest BCUT2D eigenvalue weighted by Crippen LogP contribution is 2.45. The average molecular weight is 681 g/mol. The molecule has 15 heteroatoms. The second-order valence-corrected chi connectivity index (χ2v) is 12.5. The summed E-state index contributed by atoms with van der Waals surface area (Å²) in [5.74, 6) is 1.63. The van der Waals surface area contributed by atoms with Crippen molar-refractivity contribution in [3.8, 4) is 28.7 Å². The third kappa shape index (κ3) is 5.71. The van der Waals surface area contributed by atoms with E-state index in [2.05, 4.69) is 35.1 Å². The van der Waals surface area contributed by atoms with Crippen LogP contribution in [0.1, 0.15) is 66.4 Å². The molecule has 1 aliphatic carbocycles. The molecule has 1 aliphatic heterocycles. The molecule has 0 saturated heterocycles. The van der Waals surface area contributed by atoms with Gasteiger partial charge >= 0.3 is 6.18 Å².